The van der Waals surface area contributed by atoms with E-state index >= 15 is 0 Å². The fraction of sp³-hybridized carbons (Fsp3) is 0.133. The molecule has 0 spiro atoms. The van der Waals surface area contributed by atoms with Gasteiger partial charge in [0.05, 0.1) is 5.56 Å². The van der Waals surface area contributed by atoms with Crippen molar-refractivity contribution < 1.29 is 24.9 Å². The highest BCUT2D eigenvalue weighted by Gasteiger charge is 2.15. The van der Waals surface area contributed by atoms with E-state index in [0.717, 1.165) is 17.8 Å². The highest BCUT2D eigenvalue weighted by atomic mass is 16.5. The van der Waals surface area contributed by atoms with E-state index < -0.39 is 23.2 Å². The van der Waals surface area contributed by atoms with E-state index in [1.54, 1.807) is 24.3 Å². The third-order valence-electron chi connectivity index (χ3n) is 2.87. The Kier molecular flexibility index (Phi) is 3.89. The Morgan fingerprint density at radius 2 is 1.52 bits per heavy atom. The van der Waals surface area contributed by atoms with E-state index in [4.69, 9.17) is 4.74 Å². The molecule has 21 heavy (non-hydrogen) atoms. The number of esters is 1. The maximum atomic E-state index is 11.9. The summed E-state index contributed by atoms with van der Waals surface area (Å²) >= 11 is 0. The summed E-state index contributed by atoms with van der Waals surface area (Å²) in [5.74, 6) is -2.28. The number of phenols is 3. The van der Waals surface area contributed by atoms with Crippen LogP contribution in [0.2, 0.25) is 0 Å². The van der Waals surface area contributed by atoms with Crippen LogP contribution in [0.1, 0.15) is 10.4 Å². The molecule has 0 amide bonds. The van der Waals surface area contributed by atoms with E-state index in [0.29, 0.717) is 5.75 Å². The smallest absolute Gasteiger partial charge is 0.343 e. The number of carbonyl (C=O) groups excluding carboxylic acids is 1. The molecule has 0 aliphatic carbocycles. The average molecular weight is 289 g/mol. The lowest BCUT2D eigenvalue weighted by atomic mass is 10.2. The zero-order valence-corrected chi connectivity index (χ0v) is 11.6. The van der Waals surface area contributed by atoms with Gasteiger partial charge in [-0.25, -0.2) is 4.79 Å². The van der Waals surface area contributed by atoms with Gasteiger partial charge >= 0.3 is 5.97 Å². The number of hydrogen-bond donors (Lipinski definition) is 3. The highest BCUT2D eigenvalue weighted by molar-refractivity contribution is 5.92. The first-order valence-corrected chi connectivity index (χ1v) is 6.13. The molecule has 0 aliphatic rings. The second-order valence-electron chi connectivity index (χ2n) is 4.64. The Morgan fingerprint density at radius 3 is 2.00 bits per heavy atom. The largest absolute Gasteiger partial charge is 0.504 e. The van der Waals surface area contributed by atoms with Crippen LogP contribution in [0.25, 0.3) is 0 Å². The number of carbonyl (C=O) groups is 1. The Bertz CT molecular complexity index is 641. The standard InChI is InChI=1S/C15H15NO5/c1-16(2)10-3-5-11(6-4-10)21-15(20)9-7-12(17)14(19)13(18)8-9/h3-8,17-19H,1-2H3. The van der Waals surface area contributed by atoms with Gasteiger partial charge in [-0.3, -0.25) is 0 Å². The molecule has 2 aromatic rings. The molecule has 0 aliphatic heterocycles. The Balaban J connectivity index is 2.18. The van der Waals surface area contributed by atoms with Gasteiger partial charge in [-0.1, -0.05) is 0 Å². The van der Waals surface area contributed by atoms with Crippen LogP contribution < -0.4 is 9.64 Å². The minimum Gasteiger partial charge on any atom is -0.504 e. The van der Waals surface area contributed by atoms with Crippen LogP contribution in [-0.4, -0.2) is 35.4 Å². The van der Waals surface area contributed by atoms with Gasteiger partial charge in [-0.15, -0.1) is 0 Å². The average Bonchev–Trinajstić information content (AvgIpc) is 2.44. The summed E-state index contributed by atoms with van der Waals surface area (Å²) in [5.41, 5.74) is 0.884. The number of nitrogens with zero attached hydrogens (tertiary/aromatic N) is 1. The molecule has 0 bridgehead atoms. The molecule has 0 unspecified atom stereocenters. The molecule has 0 heterocycles. The lowest BCUT2D eigenvalue weighted by Crippen LogP contribution is -2.10. The van der Waals surface area contributed by atoms with Crippen molar-refractivity contribution in [3.8, 4) is 23.0 Å². The first kappa shape index (κ1) is 14.5. The molecule has 0 radical (unpaired) electrons. The van der Waals surface area contributed by atoms with Gasteiger partial charge in [-0.05, 0) is 36.4 Å². The first-order chi connectivity index (χ1) is 9.88. The lowest BCUT2D eigenvalue weighted by Gasteiger charge is -2.12. The van der Waals surface area contributed by atoms with E-state index in [-0.39, 0.29) is 5.56 Å². The van der Waals surface area contributed by atoms with Crippen molar-refractivity contribution in [3.63, 3.8) is 0 Å². The third kappa shape index (κ3) is 3.17. The number of rotatable bonds is 3. The molecule has 0 saturated heterocycles. The van der Waals surface area contributed by atoms with Crippen molar-refractivity contribution >= 4 is 11.7 Å². The van der Waals surface area contributed by atoms with Crippen LogP contribution in [0.15, 0.2) is 36.4 Å². The fourth-order valence-electron chi connectivity index (χ4n) is 1.70. The van der Waals surface area contributed by atoms with Gasteiger partial charge in [0.1, 0.15) is 5.75 Å². The van der Waals surface area contributed by atoms with Crippen molar-refractivity contribution in [1.29, 1.82) is 0 Å². The van der Waals surface area contributed by atoms with Gasteiger partial charge in [0, 0.05) is 19.8 Å². The zero-order valence-electron chi connectivity index (χ0n) is 11.6. The van der Waals surface area contributed by atoms with Crippen molar-refractivity contribution in [2.45, 2.75) is 0 Å². The third-order valence-corrected chi connectivity index (χ3v) is 2.87. The van der Waals surface area contributed by atoms with E-state index in [1.807, 2.05) is 19.0 Å². The number of ether oxygens (including phenoxy) is 1. The van der Waals surface area contributed by atoms with Gasteiger partial charge < -0.3 is 25.0 Å². The summed E-state index contributed by atoms with van der Waals surface area (Å²) in [6.07, 6.45) is 0. The van der Waals surface area contributed by atoms with Crippen molar-refractivity contribution in [2.24, 2.45) is 0 Å². The predicted molar refractivity (Wildman–Crippen MR) is 77.2 cm³/mol. The number of benzene rings is 2. The van der Waals surface area contributed by atoms with Crippen molar-refractivity contribution in [3.05, 3.63) is 42.0 Å². The van der Waals surface area contributed by atoms with E-state index in [1.165, 1.54) is 0 Å². The topological polar surface area (TPSA) is 90.2 Å². The molecule has 0 fully saturated rings. The number of aromatic hydroxyl groups is 3. The molecular weight excluding hydrogens is 274 g/mol. The highest BCUT2D eigenvalue weighted by Crippen LogP contribution is 2.35. The van der Waals surface area contributed by atoms with Gasteiger partial charge in [0.25, 0.3) is 0 Å². The SMILES string of the molecule is CN(C)c1ccc(OC(=O)c2cc(O)c(O)c(O)c2)cc1. The quantitative estimate of drug-likeness (QED) is 0.455. The molecule has 3 N–H and O–H groups in total. The molecule has 0 aromatic heterocycles. The summed E-state index contributed by atoms with van der Waals surface area (Å²) < 4.78 is 5.12. The Morgan fingerprint density at radius 1 is 1.00 bits per heavy atom. The molecule has 2 aromatic carbocycles. The second-order valence-corrected chi connectivity index (χ2v) is 4.64. The van der Waals surface area contributed by atoms with Gasteiger partial charge in [-0.2, -0.15) is 0 Å². The summed E-state index contributed by atoms with van der Waals surface area (Å²) in [6.45, 7) is 0. The Hall–Kier alpha value is -2.89. The summed E-state index contributed by atoms with van der Waals surface area (Å²) in [4.78, 5) is 13.8. The summed E-state index contributed by atoms with van der Waals surface area (Å²) in [7, 11) is 3.78. The predicted octanol–water partition coefficient (Wildman–Crippen LogP) is 2.09. The minimum atomic E-state index is -0.752. The van der Waals surface area contributed by atoms with Crippen LogP contribution in [0.4, 0.5) is 5.69 Å². The molecule has 6 nitrogen and oxygen atoms in total. The molecular formula is C15H15NO5. The minimum absolute atomic E-state index is 0.0699. The maximum Gasteiger partial charge on any atom is 0.343 e. The molecule has 6 heteroatoms. The zero-order chi connectivity index (χ0) is 15.6. The Labute approximate surface area is 121 Å². The molecule has 2 rings (SSSR count). The number of phenolic OH excluding ortho intramolecular Hbond substituents is 3. The van der Waals surface area contributed by atoms with E-state index in [9.17, 15) is 20.1 Å². The fourth-order valence-corrected chi connectivity index (χ4v) is 1.70. The van der Waals surface area contributed by atoms with Gasteiger partial charge in [0.15, 0.2) is 17.2 Å². The molecule has 0 saturated carbocycles. The van der Waals surface area contributed by atoms with Crippen LogP contribution in [-0.2, 0) is 0 Å². The summed E-state index contributed by atoms with van der Waals surface area (Å²) in [6, 6.07) is 8.88. The van der Waals surface area contributed by atoms with Gasteiger partial charge in [0.2, 0.25) is 0 Å². The van der Waals surface area contributed by atoms with Crippen LogP contribution in [0.3, 0.4) is 0 Å². The second kappa shape index (κ2) is 5.62. The van der Waals surface area contributed by atoms with Crippen LogP contribution in [0.5, 0.6) is 23.0 Å². The van der Waals surface area contributed by atoms with Crippen molar-refractivity contribution in [1.82, 2.24) is 0 Å². The van der Waals surface area contributed by atoms with Crippen LogP contribution in [0, 0.1) is 0 Å². The van der Waals surface area contributed by atoms with Crippen molar-refractivity contribution in [2.75, 3.05) is 19.0 Å². The molecule has 0 atom stereocenters. The monoisotopic (exact) mass is 289 g/mol. The number of anilines is 1. The van der Waals surface area contributed by atoms with E-state index in [2.05, 4.69) is 0 Å². The lowest BCUT2D eigenvalue weighted by molar-refractivity contribution is 0.0734. The normalized spacial score (nSPS) is 10.2. The first-order valence-electron chi connectivity index (χ1n) is 6.13. The van der Waals surface area contributed by atoms with Crippen LogP contribution >= 0.6 is 0 Å². The summed E-state index contributed by atoms with van der Waals surface area (Å²) in [5, 5.41) is 28.0. The maximum absolute atomic E-state index is 11.9. The number of hydrogen-bond acceptors (Lipinski definition) is 6. The molecule has 110 valence electrons.